The molecule has 0 fully saturated rings. The normalized spacial score (nSPS) is 7.57. The van der Waals surface area contributed by atoms with Crippen LogP contribution in [0.4, 0.5) is 0 Å². The van der Waals surface area contributed by atoms with Crippen LogP contribution in [0.2, 0.25) is 0 Å². The topological polar surface area (TPSA) is 25.8 Å². The Morgan fingerprint density at radius 3 is 2.57 bits per heavy atom. The van der Waals surface area contributed by atoms with Crippen molar-refractivity contribution in [1.82, 2.24) is 9.36 Å². The lowest BCUT2D eigenvalue weighted by atomic mass is 11.3. The van der Waals surface area contributed by atoms with Crippen LogP contribution in [0, 0.1) is 0 Å². The molecule has 0 bridgehead atoms. The van der Waals surface area contributed by atoms with Gasteiger partial charge in [-0.05, 0) is 11.5 Å². The average molecular weight is 134 g/mol. The third-order valence-corrected chi connectivity index (χ3v) is 1.18. The van der Waals surface area contributed by atoms with Gasteiger partial charge in [0.2, 0.25) is 0 Å². The zero-order chi connectivity index (χ0) is 4.41. The van der Waals surface area contributed by atoms with E-state index in [1.165, 1.54) is 11.5 Å². The molecule has 0 saturated heterocycles. The van der Waals surface area contributed by atoms with Gasteiger partial charge in [-0.1, -0.05) is 7.43 Å². The first-order valence-corrected chi connectivity index (χ1v) is 2.63. The maximum atomic E-state index is 3.82. The van der Waals surface area contributed by atoms with Gasteiger partial charge in [0, 0.05) is 0 Å². The van der Waals surface area contributed by atoms with Crippen molar-refractivity contribution in [3.63, 3.8) is 0 Å². The van der Waals surface area contributed by atoms with Crippen LogP contribution in [-0.2, 0) is 0 Å². The van der Waals surface area contributed by atoms with E-state index in [4.69, 9.17) is 0 Å². The minimum absolute atomic E-state index is 0. The predicted octanol–water partition coefficient (Wildman–Crippen LogP) is 1.46. The number of hydrogen-bond donors (Lipinski definition) is 1. The largest absolute Gasteiger partial charge is 0.218 e. The average Bonchev–Trinajstić information content (AvgIpc) is 1.86. The molecule has 0 spiro atoms. The summed E-state index contributed by atoms with van der Waals surface area (Å²) in [5.74, 6) is 0. The number of thiol groups is 1. The third kappa shape index (κ3) is 1.89. The van der Waals surface area contributed by atoms with E-state index in [0.29, 0.717) is 5.16 Å². The van der Waals surface area contributed by atoms with Gasteiger partial charge in [0.25, 0.3) is 0 Å². The highest BCUT2D eigenvalue weighted by Crippen LogP contribution is 1.95. The molecule has 2 nitrogen and oxygen atoms in total. The van der Waals surface area contributed by atoms with Gasteiger partial charge in [0.1, 0.15) is 5.51 Å². The van der Waals surface area contributed by atoms with Gasteiger partial charge < -0.3 is 0 Å². The van der Waals surface area contributed by atoms with Crippen molar-refractivity contribution < 1.29 is 0 Å². The summed E-state index contributed by atoms with van der Waals surface area (Å²) in [5, 5.41) is 0.556. The Morgan fingerprint density at radius 1 is 1.71 bits per heavy atom. The SMILES string of the molecule is C.Sc1ncsn1. The molecule has 0 saturated carbocycles. The van der Waals surface area contributed by atoms with Crippen LogP contribution < -0.4 is 0 Å². The predicted molar refractivity (Wildman–Crippen MR) is 33.9 cm³/mol. The smallest absolute Gasteiger partial charge is 0.196 e. The van der Waals surface area contributed by atoms with Gasteiger partial charge in [-0.25, -0.2) is 4.98 Å². The van der Waals surface area contributed by atoms with E-state index < -0.39 is 0 Å². The first kappa shape index (κ1) is 6.91. The van der Waals surface area contributed by atoms with E-state index in [0.717, 1.165) is 0 Å². The fourth-order valence-electron chi connectivity index (χ4n) is 0.165. The quantitative estimate of drug-likeness (QED) is 0.544. The van der Waals surface area contributed by atoms with Gasteiger partial charge in [0.05, 0.1) is 0 Å². The summed E-state index contributed by atoms with van der Waals surface area (Å²) in [6.07, 6.45) is 0. The fraction of sp³-hybridized carbons (Fsp3) is 0.333. The zero-order valence-electron chi connectivity index (χ0n) is 2.83. The van der Waals surface area contributed by atoms with Crippen molar-refractivity contribution >= 4 is 24.2 Å². The second-order valence-electron chi connectivity index (χ2n) is 0.731. The van der Waals surface area contributed by atoms with Gasteiger partial charge in [-0.15, -0.1) is 12.6 Å². The number of rotatable bonds is 0. The molecule has 0 aromatic carbocycles. The van der Waals surface area contributed by atoms with Crippen molar-refractivity contribution in [2.75, 3.05) is 0 Å². The molecule has 0 aliphatic heterocycles. The maximum Gasteiger partial charge on any atom is 0.196 e. The van der Waals surface area contributed by atoms with E-state index in [-0.39, 0.29) is 7.43 Å². The summed E-state index contributed by atoms with van der Waals surface area (Å²) in [7, 11) is 0. The second kappa shape index (κ2) is 2.98. The summed E-state index contributed by atoms with van der Waals surface area (Å²) in [5.41, 5.74) is 1.64. The molecule has 4 heteroatoms. The summed E-state index contributed by atoms with van der Waals surface area (Å²) < 4.78 is 3.71. The Kier molecular flexibility index (Phi) is 2.95. The highest BCUT2D eigenvalue weighted by Gasteiger charge is 1.79. The molecule has 0 aliphatic carbocycles. The maximum absolute atomic E-state index is 3.82. The summed E-state index contributed by atoms with van der Waals surface area (Å²) in [6.45, 7) is 0. The molecule has 0 N–H and O–H groups in total. The highest BCUT2D eigenvalue weighted by atomic mass is 32.1. The minimum atomic E-state index is 0. The molecule has 40 valence electrons. The highest BCUT2D eigenvalue weighted by molar-refractivity contribution is 7.80. The van der Waals surface area contributed by atoms with Crippen LogP contribution in [0.25, 0.3) is 0 Å². The van der Waals surface area contributed by atoms with Crippen LogP contribution in [0.1, 0.15) is 7.43 Å². The fourth-order valence-corrected chi connectivity index (χ4v) is 0.778. The Bertz CT molecular complexity index is 114. The lowest BCUT2D eigenvalue weighted by Crippen LogP contribution is -1.58. The third-order valence-electron chi connectivity index (χ3n) is 0.350. The molecule has 1 aromatic heterocycles. The van der Waals surface area contributed by atoms with Crippen molar-refractivity contribution in [3.05, 3.63) is 5.51 Å². The monoisotopic (exact) mass is 134 g/mol. The van der Waals surface area contributed by atoms with Gasteiger partial charge in [-0.3, -0.25) is 0 Å². The molecule has 0 atom stereocenters. The Hall–Kier alpha value is -0.0900. The molecule has 1 rings (SSSR count). The molecule has 0 aliphatic rings. The Balaban J connectivity index is 0.000000360. The van der Waals surface area contributed by atoms with Crippen molar-refractivity contribution in [2.45, 2.75) is 12.6 Å². The van der Waals surface area contributed by atoms with E-state index >= 15 is 0 Å². The van der Waals surface area contributed by atoms with E-state index in [1.54, 1.807) is 5.51 Å². The van der Waals surface area contributed by atoms with Gasteiger partial charge in [-0.2, -0.15) is 4.37 Å². The van der Waals surface area contributed by atoms with Crippen LogP contribution in [0.3, 0.4) is 0 Å². The molecule has 1 heterocycles. The van der Waals surface area contributed by atoms with E-state index in [2.05, 4.69) is 22.0 Å². The zero-order valence-corrected chi connectivity index (χ0v) is 4.54. The first-order chi connectivity index (χ1) is 2.89. The Labute approximate surface area is 52.2 Å². The molecular formula is C3H6N2S2. The molecule has 0 radical (unpaired) electrons. The summed E-state index contributed by atoms with van der Waals surface area (Å²) >= 11 is 5.13. The number of hydrogen-bond acceptors (Lipinski definition) is 4. The molecular weight excluding hydrogens is 128 g/mol. The van der Waals surface area contributed by atoms with Crippen molar-refractivity contribution in [2.24, 2.45) is 0 Å². The summed E-state index contributed by atoms with van der Waals surface area (Å²) in [6, 6.07) is 0. The second-order valence-corrected chi connectivity index (χ2v) is 1.74. The van der Waals surface area contributed by atoms with Crippen LogP contribution in [0.5, 0.6) is 0 Å². The van der Waals surface area contributed by atoms with E-state index in [9.17, 15) is 0 Å². The Morgan fingerprint density at radius 2 is 2.43 bits per heavy atom. The number of nitrogens with zero attached hydrogens (tertiary/aromatic N) is 2. The standard InChI is InChI=1S/C2H2N2S2.CH4/c5-2-3-1-6-4-2;/h1H,(H,4,5);1H4. The van der Waals surface area contributed by atoms with Crippen molar-refractivity contribution in [3.8, 4) is 0 Å². The molecule has 7 heavy (non-hydrogen) atoms. The van der Waals surface area contributed by atoms with Crippen molar-refractivity contribution in [1.29, 1.82) is 0 Å². The summed E-state index contributed by atoms with van der Waals surface area (Å²) in [4.78, 5) is 3.69. The lowest BCUT2D eigenvalue weighted by molar-refractivity contribution is 1.09. The first-order valence-electron chi connectivity index (χ1n) is 1.35. The lowest BCUT2D eigenvalue weighted by Gasteiger charge is -1.62. The molecule has 1 aromatic rings. The van der Waals surface area contributed by atoms with Gasteiger partial charge in [0.15, 0.2) is 5.16 Å². The van der Waals surface area contributed by atoms with Crippen LogP contribution in [0.15, 0.2) is 10.7 Å². The number of aromatic nitrogens is 2. The van der Waals surface area contributed by atoms with Gasteiger partial charge >= 0.3 is 0 Å². The van der Waals surface area contributed by atoms with Crippen LogP contribution in [-0.4, -0.2) is 9.36 Å². The molecule has 0 amide bonds. The minimum Gasteiger partial charge on any atom is -0.218 e. The van der Waals surface area contributed by atoms with Crippen LogP contribution >= 0.6 is 24.2 Å². The van der Waals surface area contributed by atoms with E-state index in [1.807, 2.05) is 0 Å². The molecule has 0 unspecified atom stereocenters.